The molecular weight excluding hydrogens is 293 g/mol. The molecule has 0 bridgehead atoms. The summed E-state index contributed by atoms with van der Waals surface area (Å²) in [4.78, 5) is 11.7. The van der Waals surface area contributed by atoms with Crippen LogP contribution in [0.2, 0.25) is 5.02 Å². The average molecular weight is 308 g/mol. The third-order valence-corrected chi connectivity index (χ3v) is 3.25. The summed E-state index contributed by atoms with van der Waals surface area (Å²) >= 11 is 6.01. The summed E-state index contributed by atoms with van der Waals surface area (Å²) in [5.41, 5.74) is 1.36. The number of amides is 1. The summed E-state index contributed by atoms with van der Waals surface area (Å²) < 4.78 is 18.4. The number of aryl methyl sites for hydroxylation is 1. The summed E-state index contributed by atoms with van der Waals surface area (Å²) in [5.74, 6) is -0.182. The number of rotatable bonds is 5. The topological polar surface area (TPSA) is 38.3 Å². The standard InChI is InChI=1S/C16H15ClFNO2/c1-2-11-8-14(6-7-15(11)17)21-10-16(20)19-13-5-3-4-12(18)9-13/h3-9H,2,10H2,1H3,(H,19,20). The minimum Gasteiger partial charge on any atom is -0.484 e. The van der Waals surface area contributed by atoms with Crippen molar-refractivity contribution in [3.8, 4) is 5.75 Å². The Balaban J connectivity index is 1.92. The maximum Gasteiger partial charge on any atom is 0.262 e. The first-order valence-corrected chi connectivity index (χ1v) is 6.93. The van der Waals surface area contributed by atoms with Gasteiger partial charge in [0.25, 0.3) is 5.91 Å². The summed E-state index contributed by atoms with van der Waals surface area (Å²) in [7, 11) is 0. The van der Waals surface area contributed by atoms with E-state index in [1.165, 1.54) is 18.2 Å². The highest BCUT2D eigenvalue weighted by Gasteiger charge is 2.06. The molecule has 1 amide bonds. The normalized spacial score (nSPS) is 10.2. The van der Waals surface area contributed by atoms with Gasteiger partial charge in [-0.2, -0.15) is 0 Å². The number of anilines is 1. The van der Waals surface area contributed by atoms with E-state index in [9.17, 15) is 9.18 Å². The lowest BCUT2D eigenvalue weighted by Gasteiger charge is -2.09. The molecule has 110 valence electrons. The van der Waals surface area contributed by atoms with E-state index in [0.717, 1.165) is 12.0 Å². The Morgan fingerprint density at radius 1 is 1.29 bits per heavy atom. The van der Waals surface area contributed by atoms with Gasteiger partial charge in [0.2, 0.25) is 0 Å². The minimum atomic E-state index is -0.404. The van der Waals surface area contributed by atoms with Crippen LogP contribution in [0, 0.1) is 5.82 Å². The molecule has 0 aliphatic heterocycles. The first-order valence-electron chi connectivity index (χ1n) is 6.55. The van der Waals surface area contributed by atoms with Gasteiger partial charge in [0, 0.05) is 10.7 Å². The number of nitrogens with one attached hydrogen (secondary N) is 1. The van der Waals surface area contributed by atoms with Crippen molar-refractivity contribution in [2.45, 2.75) is 13.3 Å². The molecule has 0 atom stereocenters. The van der Waals surface area contributed by atoms with Gasteiger partial charge < -0.3 is 10.1 Å². The molecule has 0 radical (unpaired) electrons. The van der Waals surface area contributed by atoms with Crippen LogP contribution in [0.15, 0.2) is 42.5 Å². The van der Waals surface area contributed by atoms with Crippen molar-refractivity contribution in [3.63, 3.8) is 0 Å². The smallest absolute Gasteiger partial charge is 0.262 e. The molecule has 21 heavy (non-hydrogen) atoms. The largest absolute Gasteiger partial charge is 0.484 e. The molecule has 2 aromatic carbocycles. The predicted molar refractivity (Wildman–Crippen MR) is 81.4 cm³/mol. The first kappa shape index (κ1) is 15.3. The lowest BCUT2D eigenvalue weighted by molar-refractivity contribution is -0.118. The van der Waals surface area contributed by atoms with Gasteiger partial charge in [0.1, 0.15) is 11.6 Å². The van der Waals surface area contributed by atoms with Crippen molar-refractivity contribution >= 4 is 23.2 Å². The third kappa shape index (κ3) is 4.46. The Hall–Kier alpha value is -2.07. The highest BCUT2D eigenvalue weighted by molar-refractivity contribution is 6.31. The average Bonchev–Trinajstić information content (AvgIpc) is 2.46. The van der Waals surface area contributed by atoms with Crippen LogP contribution in [0.3, 0.4) is 0 Å². The highest BCUT2D eigenvalue weighted by atomic mass is 35.5. The van der Waals surface area contributed by atoms with E-state index in [1.807, 2.05) is 6.92 Å². The number of carbonyl (C=O) groups is 1. The van der Waals surface area contributed by atoms with E-state index < -0.39 is 5.82 Å². The maximum absolute atomic E-state index is 13.0. The van der Waals surface area contributed by atoms with Crippen molar-refractivity contribution in [2.24, 2.45) is 0 Å². The van der Waals surface area contributed by atoms with E-state index in [4.69, 9.17) is 16.3 Å². The molecule has 0 heterocycles. The molecule has 1 N–H and O–H groups in total. The molecule has 0 aliphatic rings. The minimum absolute atomic E-state index is 0.151. The molecule has 2 aromatic rings. The predicted octanol–water partition coefficient (Wildman–Crippen LogP) is 4.06. The Bertz CT molecular complexity index is 646. The van der Waals surface area contributed by atoms with E-state index in [-0.39, 0.29) is 12.5 Å². The number of halogens is 2. The van der Waals surface area contributed by atoms with E-state index in [2.05, 4.69) is 5.32 Å². The van der Waals surface area contributed by atoms with Crippen molar-refractivity contribution < 1.29 is 13.9 Å². The molecule has 0 aliphatic carbocycles. The van der Waals surface area contributed by atoms with Crippen LogP contribution in [0.1, 0.15) is 12.5 Å². The summed E-state index contributed by atoms with van der Waals surface area (Å²) in [5, 5.41) is 3.24. The molecule has 0 saturated carbocycles. The molecule has 0 fully saturated rings. The van der Waals surface area contributed by atoms with E-state index >= 15 is 0 Å². The molecule has 5 heteroatoms. The summed E-state index contributed by atoms with van der Waals surface area (Å²) in [6.07, 6.45) is 0.783. The van der Waals surface area contributed by atoms with Crippen LogP contribution in [-0.2, 0) is 11.2 Å². The second-order valence-corrected chi connectivity index (χ2v) is 4.86. The zero-order valence-electron chi connectivity index (χ0n) is 11.5. The van der Waals surface area contributed by atoms with Crippen LogP contribution in [0.25, 0.3) is 0 Å². The quantitative estimate of drug-likeness (QED) is 0.904. The number of hydrogen-bond acceptors (Lipinski definition) is 2. The fourth-order valence-corrected chi connectivity index (χ4v) is 2.08. The highest BCUT2D eigenvalue weighted by Crippen LogP contribution is 2.22. The van der Waals surface area contributed by atoms with Gasteiger partial charge in [-0.15, -0.1) is 0 Å². The van der Waals surface area contributed by atoms with Crippen LogP contribution in [-0.4, -0.2) is 12.5 Å². The SMILES string of the molecule is CCc1cc(OCC(=O)Nc2cccc(F)c2)ccc1Cl. The van der Waals surface area contributed by atoms with Gasteiger partial charge in [0.05, 0.1) is 0 Å². The van der Waals surface area contributed by atoms with Crippen LogP contribution < -0.4 is 10.1 Å². The molecule has 0 saturated heterocycles. The Morgan fingerprint density at radius 3 is 2.81 bits per heavy atom. The second kappa shape index (κ2) is 7.09. The van der Waals surface area contributed by atoms with Gasteiger partial charge in [-0.3, -0.25) is 4.79 Å². The van der Waals surface area contributed by atoms with Gasteiger partial charge in [0.15, 0.2) is 6.61 Å². The number of benzene rings is 2. The van der Waals surface area contributed by atoms with Gasteiger partial charge in [-0.25, -0.2) is 4.39 Å². The first-order chi connectivity index (χ1) is 10.1. The van der Waals surface area contributed by atoms with Crippen LogP contribution in [0.5, 0.6) is 5.75 Å². The molecule has 0 spiro atoms. The molecule has 0 aromatic heterocycles. The molecule has 3 nitrogen and oxygen atoms in total. The van der Waals surface area contributed by atoms with Crippen molar-refractivity contribution in [1.82, 2.24) is 0 Å². The number of carbonyl (C=O) groups excluding carboxylic acids is 1. The third-order valence-electron chi connectivity index (χ3n) is 2.88. The Labute approximate surface area is 127 Å². The summed E-state index contributed by atoms with van der Waals surface area (Å²) in [6, 6.07) is 10.9. The fourth-order valence-electron chi connectivity index (χ4n) is 1.82. The number of ether oxygens (including phenoxy) is 1. The van der Waals surface area contributed by atoms with Gasteiger partial charge in [-0.05, 0) is 48.4 Å². The molecule has 0 unspecified atom stereocenters. The Morgan fingerprint density at radius 2 is 2.10 bits per heavy atom. The number of hydrogen-bond donors (Lipinski definition) is 1. The zero-order chi connectivity index (χ0) is 15.2. The van der Waals surface area contributed by atoms with E-state index in [1.54, 1.807) is 24.3 Å². The lowest BCUT2D eigenvalue weighted by Crippen LogP contribution is -2.20. The monoisotopic (exact) mass is 307 g/mol. The van der Waals surface area contributed by atoms with Gasteiger partial charge >= 0.3 is 0 Å². The van der Waals surface area contributed by atoms with Crippen LogP contribution in [0.4, 0.5) is 10.1 Å². The fraction of sp³-hybridized carbons (Fsp3) is 0.188. The summed E-state index contributed by atoms with van der Waals surface area (Å²) in [6.45, 7) is 1.84. The second-order valence-electron chi connectivity index (χ2n) is 4.45. The van der Waals surface area contributed by atoms with Crippen LogP contribution >= 0.6 is 11.6 Å². The van der Waals surface area contributed by atoms with Gasteiger partial charge in [-0.1, -0.05) is 24.6 Å². The zero-order valence-corrected chi connectivity index (χ0v) is 12.3. The van der Waals surface area contributed by atoms with E-state index in [0.29, 0.717) is 16.5 Å². The van der Waals surface area contributed by atoms with Crippen molar-refractivity contribution in [3.05, 3.63) is 58.9 Å². The lowest BCUT2D eigenvalue weighted by atomic mass is 10.1. The molecular formula is C16H15ClFNO2. The maximum atomic E-state index is 13.0. The Kier molecular flexibility index (Phi) is 5.17. The molecule has 2 rings (SSSR count). The van der Waals surface area contributed by atoms with Crippen molar-refractivity contribution in [2.75, 3.05) is 11.9 Å². The van der Waals surface area contributed by atoms with Crippen molar-refractivity contribution in [1.29, 1.82) is 0 Å².